The Balaban J connectivity index is 2.02. The van der Waals surface area contributed by atoms with E-state index < -0.39 is 20.0 Å². The van der Waals surface area contributed by atoms with Gasteiger partial charge in [0.1, 0.15) is 0 Å². The molecular formula is C20H26N2O4S2. The number of hydrogen-bond donors (Lipinski definition) is 1. The van der Waals surface area contributed by atoms with Crippen LogP contribution >= 0.6 is 0 Å². The van der Waals surface area contributed by atoms with E-state index in [9.17, 15) is 16.8 Å². The molecule has 3 rings (SSSR count). The van der Waals surface area contributed by atoms with E-state index in [1.54, 1.807) is 32.0 Å². The van der Waals surface area contributed by atoms with Crippen LogP contribution in [0.4, 0.5) is 5.69 Å². The number of sulfonamides is 2. The van der Waals surface area contributed by atoms with E-state index in [1.807, 2.05) is 6.07 Å². The van der Waals surface area contributed by atoms with Crippen molar-refractivity contribution in [1.29, 1.82) is 0 Å². The molecule has 6 nitrogen and oxygen atoms in total. The molecule has 0 heterocycles. The second-order valence-corrected chi connectivity index (χ2v) is 11.3. The van der Waals surface area contributed by atoms with Crippen molar-refractivity contribution < 1.29 is 16.8 Å². The Labute approximate surface area is 167 Å². The number of benzene rings is 2. The molecule has 0 saturated heterocycles. The summed E-state index contributed by atoms with van der Waals surface area (Å²) >= 11 is 0. The zero-order valence-corrected chi connectivity index (χ0v) is 18.2. The molecular weight excluding hydrogens is 396 g/mol. The van der Waals surface area contributed by atoms with Crippen LogP contribution in [0.15, 0.2) is 40.1 Å². The van der Waals surface area contributed by atoms with Crippen molar-refractivity contribution in [2.24, 2.45) is 0 Å². The summed E-state index contributed by atoms with van der Waals surface area (Å²) in [6, 6.07) is 8.18. The highest BCUT2D eigenvalue weighted by atomic mass is 32.2. The zero-order valence-electron chi connectivity index (χ0n) is 16.6. The van der Waals surface area contributed by atoms with Crippen molar-refractivity contribution in [3.8, 4) is 0 Å². The third-order valence-corrected chi connectivity index (χ3v) is 8.45. The molecule has 0 aromatic heterocycles. The number of fused-ring (bicyclic) bond motifs is 1. The van der Waals surface area contributed by atoms with Crippen LogP contribution in [0, 0.1) is 13.8 Å². The summed E-state index contributed by atoms with van der Waals surface area (Å²) in [7, 11) is -4.61. The number of rotatable bonds is 5. The number of anilines is 1. The van der Waals surface area contributed by atoms with Gasteiger partial charge in [-0.05, 0) is 86.1 Å². The molecule has 0 atom stereocenters. The summed E-state index contributed by atoms with van der Waals surface area (Å²) in [6.07, 6.45) is 4.05. The van der Waals surface area contributed by atoms with E-state index in [2.05, 4.69) is 4.72 Å². The zero-order chi connectivity index (χ0) is 20.7. The second kappa shape index (κ2) is 7.50. The molecule has 0 radical (unpaired) electrons. The molecule has 0 unspecified atom stereocenters. The molecule has 1 aliphatic rings. The molecule has 2 aromatic carbocycles. The van der Waals surface area contributed by atoms with Gasteiger partial charge in [-0.1, -0.05) is 6.07 Å². The Morgan fingerprint density at radius 2 is 1.50 bits per heavy atom. The third kappa shape index (κ3) is 3.94. The van der Waals surface area contributed by atoms with Crippen LogP contribution in [0.5, 0.6) is 0 Å². The predicted molar refractivity (Wildman–Crippen MR) is 111 cm³/mol. The Morgan fingerprint density at radius 3 is 2.14 bits per heavy atom. The summed E-state index contributed by atoms with van der Waals surface area (Å²) in [4.78, 5) is 0.259. The number of nitrogens with zero attached hydrogens (tertiary/aromatic N) is 1. The van der Waals surface area contributed by atoms with Crippen molar-refractivity contribution in [2.75, 3.05) is 18.8 Å². The van der Waals surface area contributed by atoms with Gasteiger partial charge < -0.3 is 0 Å². The molecule has 0 bridgehead atoms. The lowest BCUT2D eigenvalue weighted by Crippen LogP contribution is -2.23. The summed E-state index contributed by atoms with van der Waals surface area (Å²) in [5, 5.41) is 0. The minimum absolute atomic E-state index is 0.0590. The lowest BCUT2D eigenvalue weighted by molar-refractivity contribution is 0.520. The van der Waals surface area contributed by atoms with Crippen LogP contribution in [-0.4, -0.2) is 35.2 Å². The molecule has 2 aromatic rings. The van der Waals surface area contributed by atoms with Crippen LogP contribution in [0.25, 0.3) is 0 Å². The fourth-order valence-corrected chi connectivity index (χ4v) is 5.55. The average molecular weight is 423 g/mol. The Morgan fingerprint density at radius 1 is 0.857 bits per heavy atom. The van der Waals surface area contributed by atoms with E-state index in [0.29, 0.717) is 11.1 Å². The maximum atomic E-state index is 13.0. The van der Waals surface area contributed by atoms with Gasteiger partial charge in [0, 0.05) is 14.1 Å². The monoisotopic (exact) mass is 422 g/mol. The number of aryl methyl sites for hydroxylation is 3. The Bertz CT molecular complexity index is 1120. The molecule has 1 aliphatic carbocycles. The highest BCUT2D eigenvalue weighted by molar-refractivity contribution is 7.92. The fraction of sp³-hybridized carbons (Fsp3) is 0.400. The summed E-state index contributed by atoms with van der Waals surface area (Å²) < 4.78 is 54.6. The standard InChI is InChI=1S/C20H26N2O4S2/c1-14-11-19(28(25,26)22(3)4)13-20(15(14)2)21-27(23,24)18-10-9-16-7-5-6-8-17(16)12-18/h9-13,21H,5-8H2,1-4H3. The quantitative estimate of drug-likeness (QED) is 0.802. The van der Waals surface area contributed by atoms with Crippen LogP contribution in [0.2, 0.25) is 0 Å². The van der Waals surface area contributed by atoms with E-state index in [1.165, 1.54) is 25.7 Å². The van der Waals surface area contributed by atoms with Gasteiger partial charge in [0.25, 0.3) is 10.0 Å². The molecule has 28 heavy (non-hydrogen) atoms. The molecule has 0 fully saturated rings. The van der Waals surface area contributed by atoms with Crippen molar-refractivity contribution >= 4 is 25.7 Å². The Kier molecular flexibility index (Phi) is 5.58. The van der Waals surface area contributed by atoms with E-state index in [-0.39, 0.29) is 15.5 Å². The summed E-state index contributed by atoms with van der Waals surface area (Å²) in [5.41, 5.74) is 3.95. The van der Waals surface area contributed by atoms with Crippen LogP contribution in [0.1, 0.15) is 35.1 Å². The average Bonchev–Trinajstić information content (AvgIpc) is 2.64. The molecule has 0 saturated carbocycles. The van der Waals surface area contributed by atoms with E-state index >= 15 is 0 Å². The first-order valence-electron chi connectivity index (χ1n) is 9.21. The first kappa shape index (κ1) is 20.8. The molecule has 1 N–H and O–H groups in total. The maximum absolute atomic E-state index is 13.0. The highest BCUT2D eigenvalue weighted by Crippen LogP contribution is 2.29. The van der Waals surface area contributed by atoms with Crippen molar-refractivity contribution in [2.45, 2.75) is 49.3 Å². The molecule has 0 amide bonds. The normalized spacial score (nSPS) is 14.8. The van der Waals surface area contributed by atoms with Gasteiger partial charge in [-0.15, -0.1) is 0 Å². The van der Waals surface area contributed by atoms with Crippen molar-refractivity contribution in [3.05, 3.63) is 52.6 Å². The predicted octanol–water partition coefficient (Wildman–Crippen LogP) is 3.23. The highest BCUT2D eigenvalue weighted by Gasteiger charge is 2.23. The first-order chi connectivity index (χ1) is 13.0. The molecule has 0 aliphatic heterocycles. The van der Waals surface area contributed by atoms with Gasteiger partial charge in [-0.3, -0.25) is 4.72 Å². The fourth-order valence-electron chi connectivity index (χ4n) is 3.37. The topological polar surface area (TPSA) is 83.6 Å². The van der Waals surface area contributed by atoms with Gasteiger partial charge in [0.2, 0.25) is 10.0 Å². The van der Waals surface area contributed by atoms with Crippen molar-refractivity contribution in [3.63, 3.8) is 0 Å². The van der Waals surface area contributed by atoms with Crippen LogP contribution in [-0.2, 0) is 32.9 Å². The summed E-state index contributed by atoms with van der Waals surface area (Å²) in [5.74, 6) is 0. The number of nitrogens with one attached hydrogen (secondary N) is 1. The van der Waals surface area contributed by atoms with Gasteiger partial charge in [-0.25, -0.2) is 21.1 Å². The smallest absolute Gasteiger partial charge is 0.261 e. The van der Waals surface area contributed by atoms with Crippen LogP contribution < -0.4 is 4.72 Å². The summed E-state index contributed by atoms with van der Waals surface area (Å²) in [6.45, 7) is 3.53. The largest absolute Gasteiger partial charge is 0.279 e. The van der Waals surface area contributed by atoms with Crippen molar-refractivity contribution in [1.82, 2.24) is 4.31 Å². The van der Waals surface area contributed by atoms with Gasteiger partial charge in [0.15, 0.2) is 0 Å². The lowest BCUT2D eigenvalue weighted by Gasteiger charge is -2.19. The minimum atomic E-state index is -3.83. The number of hydrogen-bond acceptors (Lipinski definition) is 4. The lowest BCUT2D eigenvalue weighted by atomic mass is 9.92. The molecule has 0 spiro atoms. The van der Waals surface area contributed by atoms with Gasteiger partial charge in [-0.2, -0.15) is 0 Å². The van der Waals surface area contributed by atoms with Gasteiger partial charge >= 0.3 is 0 Å². The van der Waals surface area contributed by atoms with Gasteiger partial charge in [0.05, 0.1) is 15.5 Å². The van der Waals surface area contributed by atoms with E-state index in [0.717, 1.165) is 35.6 Å². The van der Waals surface area contributed by atoms with E-state index in [4.69, 9.17) is 0 Å². The SMILES string of the molecule is Cc1cc(S(=O)(=O)N(C)C)cc(NS(=O)(=O)c2ccc3c(c2)CCCC3)c1C. The molecule has 152 valence electrons. The third-order valence-electron chi connectivity index (χ3n) is 5.29. The maximum Gasteiger partial charge on any atom is 0.261 e. The second-order valence-electron chi connectivity index (χ2n) is 7.44. The Hall–Kier alpha value is -1.90. The first-order valence-corrected chi connectivity index (χ1v) is 12.1. The minimum Gasteiger partial charge on any atom is -0.279 e. The van der Waals surface area contributed by atoms with Crippen LogP contribution in [0.3, 0.4) is 0 Å². The molecule has 8 heteroatoms.